The number of likely N-dealkylation sites (N-methyl/N-ethyl adjacent to an activating group) is 1. The van der Waals surface area contributed by atoms with Gasteiger partial charge >= 0.3 is 0 Å². The van der Waals surface area contributed by atoms with Crippen LogP contribution in [0.1, 0.15) is 12.8 Å². The van der Waals surface area contributed by atoms with Crippen molar-refractivity contribution < 1.29 is 14.6 Å². The lowest BCUT2D eigenvalue weighted by Crippen LogP contribution is -2.47. The van der Waals surface area contributed by atoms with Crippen LogP contribution in [-0.4, -0.2) is 54.1 Å². The molecule has 1 amide bonds. The average molecular weight is 330 g/mol. The summed E-state index contributed by atoms with van der Waals surface area (Å²) in [6.45, 7) is 1.46. The van der Waals surface area contributed by atoms with Crippen LogP contribution in [0, 0.1) is 0 Å². The normalized spacial score (nSPS) is 17.5. The number of amides is 1. The zero-order chi connectivity index (χ0) is 15.3. The van der Waals surface area contributed by atoms with Crippen LogP contribution in [-0.2, 0) is 9.53 Å². The Bertz CT molecular complexity index is 474. The quantitative estimate of drug-likeness (QED) is 0.843. The van der Waals surface area contributed by atoms with Crippen molar-refractivity contribution in [2.24, 2.45) is 0 Å². The van der Waals surface area contributed by atoms with Crippen LogP contribution in [0.2, 0.25) is 5.02 Å². The van der Waals surface area contributed by atoms with E-state index in [1.165, 1.54) is 11.8 Å². The van der Waals surface area contributed by atoms with E-state index < -0.39 is 5.60 Å². The molecule has 0 radical (unpaired) electrons. The molecule has 1 aliphatic rings. The first-order valence-corrected chi connectivity index (χ1v) is 8.27. The average Bonchev–Trinajstić information content (AvgIpc) is 2.46. The summed E-state index contributed by atoms with van der Waals surface area (Å²) >= 11 is 7.30. The van der Waals surface area contributed by atoms with Gasteiger partial charge in [0.25, 0.3) is 0 Å². The molecule has 0 saturated carbocycles. The van der Waals surface area contributed by atoms with Crippen molar-refractivity contribution in [1.82, 2.24) is 4.90 Å². The highest BCUT2D eigenvalue weighted by Gasteiger charge is 2.32. The molecule has 1 N–H and O–H groups in total. The van der Waals surface area contributed by atoms with Crippen LogP contribution in [0.5, 0.6) is 0 Å². The Morgan fingerprint density at radius 2 is 2.00 bits per heavy atom. The van der Waals surface area contributed by atoms with Crippen molar-refractivity contribution in [3.8, 4) is 0 Å². The van der Waals surface area contributed by atoms with Crippen molar-refractivity contribution >= 4 is 29.3 Å². The number of carbonyl (C=O) groups excluding carboxylic acids is 1. The van der Waals surface area contributed by atoms with E-state index in [2.05, 4.69) is 0 Å². The Morgan fingerprint density at radius 3 is 2.62 bits per heavy atom. The Morgan fingerprint density at radius 1 is 1.38 bits per heavy atom. The Labute approximate surface area is 134 Å². The number of ether oxygens (including phenoxy) is 1. The molecule has 0 unspecified atom stereocenters. The second-order valence-corrected chi connectivity index (χ2v) is 6.81. The third-order valence-electron chi connectivity index (χ3n) is 3.56. The molecule has 1 fully saturated rings. The van der Waals surface area contributed by atoms with Gasteiger partial charge in [0.15, 0.2) is 0 Å². The number of rotatable bonds is 5. The molecule has 0 aliphatic carbocycles. The number of hydrogen-bond acceptors (Lipinski definition) is 4. The lowest BCUT2D eigenvalue weighted by Gasteiger charge is -2.35. The van der Waals surface area contributed by atoms with E-state index in [1.54, 1.807) is 11.9 Å². The predicted octanol–water partition coefficient (Wildman–Crippen LogP) is 2.43. The molecule has 21 heavy (non-hydrogen) atoms. The molecule has 0 atom stereocenters. The van der Waals surface area contributed by atoms with Crippen LogP contribution >= 0.6 is 23.4 Å². The molecule has 1 aromatic carbocycles. The fraction of sp³-hybridized carbons (Fsp3) is 0.533. The Balaban J connectivity index is 1.80. The second-order valence-electron chi connectivity index (χ2n) is 5.33. The molecule has 4 nitrogen and oxygen atoms in total. The van der Waals surface area contributed by atoms with Gasteiger partial charge in [0, 0.05) is 49.6 Å². The van der Waals surface area contributed by atoms with Crippen molar-refractivity contribution in [3.05, 3.63) is 29.3 Å². The molecule has 2 rings (SSSR count). The van der Waals surface area contributed by atoms with Gasteiger partial charge in [0.2, 0.25) is 5.91 Å². The van der Waals surface area contributed by atoms with Crippen molar-refractivity contribution in [1.29, 1.82) is 0 Å². The van der Waals surface area contributed by atoms with Crippen molar-refractivity contribution in [2.45, 2.75) is 23.3 Å². The molecule has 6 heteroatoms. The molecule has 1 aromatic rings. The maximum atomic E-state index is 12.1. The number of nitrogens with zero attached hydrogens (tertiary/aromatic N) is 1. The van der Waals surface area contributed by atoms with E-state index in [-0.39, 0.29) is 5.91 Å². The van der Waals surface area contributed by atoms with Gasteiger partial charge in [0.05, 0.1) is 11.4 Å². The number of halogens is 1. The molecule has 0 aromatic heterocycles. The summed E-state index contributed by atoms with van der Waals surface area (Å²) in [5.74, 6) is 0.361. The van der Waals surface area contributed by atoms with Crippen LogP contribution in [0.15, 0.2) is 29.2 Å². The van der Waals surface area contributed by atoms with Crippen LogP contribution in [0.25, 0.3) is 0 Å². The molecule has 1 aliphatic heterocycles. The van der Waals surface area contributed by atoms with Crippen molar-refractivity contribution in [3.63, 3.8) is 0 Å². The molecular weight excluding hydrogens is 310 g/mol. The highest BCUT2D eigenvalue weighted by Crippen LogP contribution is 2.23. The van der Waals surface area contributed by atoms with E-state index in [9.17, 15) is 9.90 Å². The fourth-order valence-electron chi connectivity index (χ4n) is 2.23. The molecule has 1 heterocycles. The second kappa shape index (κ2) is 7.49. The number of hydrogen-bond donors (Lipinski definition) is 1. The van der Waals surface area contributed by atoms with Crippen molar-refractivity contribution in [2.75, 3.05) is 32.6 Å². The summed E-state index contributed by atoms with van der Waals surface area (Å²) in [7, 11) is 1.73. The van der Waals surface area contributed by atoms with Gasteiger partial charge in [-0.2, -0.15) is 0 Å². The van der Waals surface area contributed by atoms with Gasteiger partial charge in [-0.15, -0.1) is 11.8 Å². The number of benzene rings is 1. The highest BCUT2D eigenvalue weighted by molar-refractivity contribution is 8.00. The summed E-state index contributed by atoms with van der Waals surface area (Å²) in [5, 5.41) is 11.1. The molecule has 0 spiro atoms. The summed E-state index contributed by atoms with van der Waals surface area (Å²) in [5.41, 5.74) is -0.812. The number of thioether (sulfide) groups is 1. The van der Waals surface area contributed by atoms with E-state index in [4.69, 9.17) is 16.3 Å². The largest absolute Gasteiger partial charge is 0.388 e. The minimum Gasteiger partial charge on any atom is -0.388 e. The lowest BCUT2D eigenvalue weighted by molar-refractivity contribution is -0.134. The first-order valence-electron chi connectivity index (χ1n) is 6.91. The van der Waals surface area contributed by atoms with Gasteiger partial charge in [-0.25, -0.2) is 0 Å². The van der Waals surface area contributed by atoms with E-state index in [1.807, 2.05) is 24.3 Å². The lowest BCUT2D eigenvalue weighted by atomic mass is 9.94. The summed E-state index contributed by atoms with van der Waals surface area (Å²) in [6.07, 6.45) is 1.16. The summed E-state index contributed by atoms with van der Waals surface area (Å²) in [6, 6.07) is 7.41. The smallest absolute Gasteiger partial charge is 0.232 e. The van der Waals surface area contributed by atoms with E-state index in [0.29, 0.717) is 43.4 Å². The first-order chi connectivity index (χ1) is 9.98. The van der Waals surface area contributed by atoms with Crippen LogP contribution < -0.4 is 0 Å². The van der Waals surface area contributed by atoms with Crippen LogP contribution in [0.3, 0.4) is 0 Å². The zero-order valence-corrected chi connectivity index (χ0v) is 13.6. The number of carbonyl (C=O) groups is 1. The maximum Gasteiger partial charge on any atom is 0.232 e. The third-order valence-corrected chi connectivity index (χ3v) is 4.81. The molecule has 1 saturated heterocycles. The zero-order valence-electron chi connectivity index (χ0n) is 12.0. The predicted molar refractivity (Wildman–Crippen MR) is 84.8 cm³/mol. The Kier molecular flexibility index (Phi) is 5.93. The standard InChI is InChI=1S/C15H20ClNO3S/c1-17(11-15(19)6-8-20-9-7-15)14(18)10-21-13-4-2-12(16)3-5-13/h2-5,19H,6-11H2,1H3. The topological polar surface area (TPSA) is 49.8 Å². The third kappa shape index (κ3) is 5.18. The Hall–Kier alpha value is -0.750. The summed E-state index contributed by atoms with van der Waals surface area (Å²) in [4.78, 5) is 14.7. The minimum atomic E-state index is -0.812. The van der Waals surface area contributed by atoms with Gasteiger partial charge < -0.3 is 14.7 Å². The SMILES string of the molecule is CN(CC1(O)CCOCC1)C(=O)CSc1ccc(Cl)cc1. The monoisotopic (exact) mass is 329 g/mol. The van der Waals surface area contributed by atoms with E-state index >= 15 is 0 Å². The molecule has 0 bridgehead atoms. The maximum absolute atomic E-state index is 12.1. The van der Waals surface area contributed by atoms with Gasteiger partial charge in [0.1, 0.15) is 0 Å². The highest BCUT2D eigenvalue weighted by atomic mass is 35.5. The van der Waals surface area contributed by atoms with Crippen LogP contribution in [0.4, 0.5) is 0 Å². The first kappa shape index (κ1) is 16.6. The number of aliphatic hydroxyl groups is 1. The van der Waals surface area contributed by atoms with Gasteiger partial charge in [-0.05, 0) is 24.3 Å². The molecular formula is C15H20ClNO3S. The van der Waals surface area contributed by atoms with E-state index in [0.717, 1.165) is 4.90 Å². The molecule has 116 valence electrons. The fourth-order valence-corrected chi connectivity index (χ4v) is 3.19. The van der Waals surface area contributed by atoms with Gasteiger partial charge in [-0.3, -0.25) is 4.79 Å². The minimum absolute atomic E-state index is 0.00914. The summed E-state index contributed by atoms with van der Waals surface area (Å²) < 4.78 is 5.24. The van der Waals surface area contributed by atoms with Gasteiger partial charge in [-0.1, -0.05) is 11.6 Å².